The predicted octanol–water partition coefficient (Wildman–Crippen LogP) is 3.47. The Balaban J connectivity index is 1.74. The van der Waals surface area contributed by atoms with Crippen LogP contribution in [0.25, 0.3) is 10.2 Å². The first-order chi connectivity index (χ1) is 13.2. The molecule has 1 aromatic heterocycles. The number of carbonyl (C=O) groups is 2. The average Bonchev–Trinajstić information content (AvgIpc) is 2.99. The van der Waals surface area contributed by atoms with Gasteiger partial charge in [-0.3, -0.25) is 15.4 Å². The summed E-state index contributed by atoms with van der Waals surface area (Å²) in [6, 6.07) is 6.82. The van der Waals surface area contributed by atoms with Crippen molar-refractivity contribution in [2.75, 3.05) is 5.32 Å². The van der Waals surface area contributed by atoms with Gasteiger partial charge in [0, 0.05) is 0 Å². The molecular weight excluding hydrogens is 429 g/mol. The molecule has 3 rings (SSSR count). The van der Waals surface area contributed by atoms with E-state index < -0.39 is 34.0 Å². The van der Waals surface area contributed by atoms with Crippen LogP contribution in [0.2, 0.25) is 5.02 Å². The molecule has 11 heteroatoms. The molecule has 0 spiro atoms. The zero-order valence-electron chi connectivity index (χ0n) is 14.3. The highest BCUT2D eigenvalue weighted by Crippen LogP contribution is 2.27. The van der Waals surface area contributed by atoms with Gasteiger partial charge in [-0.1, -0.05) is 35.1 Å². The summed E-state index contributed by atoms with van der Waals surface area (Å²) in [6.07, 6.45) is 0. The van der Waals surface area contributed by atoms with Crippen molar-refractivity contribution in [1.29, 1.82) is 0 Å². The van der Waals surface area contributed by atoms with E-state index in [1.807, 2.05) is 5.32 Å². The molecule has 0 fully saturated rings. The number of aromatic nitrogens is 1. The van der Waals surface area contributed by atoms with Gasteiger partial charge in [-0.2, -0.15) is 0 Å². The van der Waals surface area contributed by atoms with Crippen LogP contribution in [-0.4, -0.2) is 25.3 Å². The molecule has 0 aliphatic heterocycles. The molecule has 0 radical (unpaired) electrons. The van der Waals surface area contributed by atoms with E-state index in [1.54, 1.807) is 18.2 Å². The number of hydrogen-bond donors (Lipinski definition) is 3. The number of rotatable bonds is 4. The van der Waals surface area contributed by atoms with Gasteiger partial charge in [0.2, 0.25) is 0 Å². The van der Waals surface area contributed by atoms with Crippen LogP contribution in [0.15, 0.2) is 30.3 Å². The number of fused-ring (bicyclic) bond motifs is 1. The molecule has 0 aliphatic carbocycles. The second-order valence-corrected chi connectivity index (χ2v) is 8.19. The number of nitrogens with one attached hydrogen (secondary N) is 2. The summed E-state index contributed by atoms with van der Waals surface area (Å²) >= 11 is 6.97. The highest BCUT2D eigenvalue weighted by Gasteiger charge is 2.20. The monoisotopic (exact) mass is 441 g/mol. The third kappa shape index (κ3) is 4.46. The average molecular weight is 442 g/mol. The van der Waals surface area contributed by atoms with Crippen molar-refractivity contribution < 1.29 is 22.4 Å². The van der Waals surface area contributed by atoms with Crippen LogP contribution in [-0.2, 0) is 16.5 Å². The molecule has 28 heavy (non-hydrogen) atoms. The van der Waals surface area contributed by atoms with Crippen LogP contribution in [0.5, 0.6) is 0 Å². The SMILES string of the molecule is Cc1ccc(Cl)c(C(=O)NC(=O)Nc2nc3ccc(C[SH](=O)=O)cc3s2)c1F. The first kappa shape index (κ1) is 20.2. The second-order valence-electron chi connectivity index (χ2n) is 5.77. The molecule has 3 aromatic rings. The number of halogens is 2. The number of urea groups is 1. The highest BCUT2D eigenvalue weighted by molar-refractivity contribution is 7.71. The highest BCUT2D eigenvalue weighted by atomic mass is 35.5. The Morgan fingerprint density at radius 1 is 1.25 bits per heavy atom. The number of hydrogen-bond acceptors (Lipinski definition) is 6. The van der Waals surface area contributed by atoms with Gasteiger partial charge >= 0.3 is 6.03 Å². The van der Waals surface area contributed by atoms with Crippen LogP contribution in [0, 0.1) is 12.7 Å². The summed E-state index contributed by atoms with van der Waals surface area (Å²) in [5.41, 5.74) is 0.960. The van der Waals surface area contributed by atoms with E-state index in [9.17, 15) is 22.4 Å². The third-order valence-corrected chi connectivity index (χ3v) is 5.60. The minimum absolute atomic E-state index is 0.0935. The fraction of sp³-hybridized carbons (Fsp3) is 0.118. The minimum atomic E-state index is -2.55. The quantitative estimate of drug-likeness (QED) is 0.537. The summed E-state index contributed by atoms with van der Waals surface area (Å²) in [6.45, 7) is 1.47. The summed E-state index contributed by atoms with van der Waals surface area (Å²) in [5.74, 6) is -1.88. The fourth-order valence-corrected chi connectivity index (χ4v) is 4.08. The smallest absolute Gasteiger partial charge is 0.283 e. The first-order valence-corrected chi connectivity index (χ1v) is 10.4. The van der Waals surface area contributed by atoms with Gasteiger partial charge in [0.25, 0.3) is 5.91 Å². The van der Waals surface area contributed by atoms with E-state index in [4.69, 9.17) is 11.6 Å². The maximum atomic E-state index is 14.1. The number of anilines is 1. The van der Waals surface area contributed by atoms with Crippen molar-refractivity contribution in [1.82, 2.24) is 10.3 Å². The molecule has 2 aromatic carbocycles. The molecule has 0 aliphatic rings. The number of thiol groups is 1. The Morgan fingerprint density at radius 2 is 2.00 bits per heavy atom. The van der Waals surface area contributed by atoms with Crippen LogP contribution in [0.4, 0.5) is 14.3 Å². The molecule has 0 atom stereocenters. The number of nitrogens with zero attached hydrogens (tertiary/aromatic N) is 1. The second kappa shape index (κ2) is 8.21. The van der Waals surface area contributed by atoms with Gasteiger partial charge in [-0.15, -0.1) is 0 Å². The van der Waals surface area contributed by atoms with E-state index in [0.29, 0.717) is 15.8 Å². The standard InChI is InChI=1S/C17H13ClFN3O4S2/c1-8-2-4-10(18)13(14(8)19)15(23)21-16(24)22-17-20-11-5-3-9(7-28(25)26)6-12(11)27-17/h2-6,28H,7H2,1H3,(H2,20,21,22,23,24). The van der Waals surface area contributed by atoms with Gasteiger partial charge in [0.1, 0.15) is 16.5 Å². The molecule has 1 heterocycles. The van der Waals surface area contributed by atoms with Crippen molar-refractivity contribution >= 4 is 60.9 Å². The lowest BCUT2D eigenvalue weighted by atomic mass is 10.1. The number of carbonyl (C=O) groups excluding carboxylic acids is 2. The van der Waals surface area contributed by atoms with E-state index in [-0.39, 0.29) is 21.5 Å². The topological polar surface area (TPSA) is 105 Å². The normalized spacial score (nSPS) is 11.0. The van der Waals surface area contributed by atoms with Crippen molar-refractivity contribution in [3.63, 3.8) is 0 Å². The Morgan fingerprint density at radius 3 is 2.71 bits per heavy atom. The molecule has 7 nitrogen and oxygen atoms in total. The van der Waals surface area contributed by atoms with Crippen LogP contribution in [0.1, 0.15) is 21.5 Å². The maximum Gasteiger partial charge on any atom is 0.327 e. The van der Waals surface area contributed by atoms with Crippen molar-refractivity contribution in [2.24, 2.45) is 0 Å². The van der Waals surface area contributed by atoms with E-state index >= 15 is 0 Å². The number of benzene rings is 2. The number of thiazole rings is 1. The number of imide groups is 1. The van der Waals surface area contributed by atoms with Gasteiger partial charge < -0.3 is 0 Å². The summed E-state index contributed by atoms with van der Waals surface area (Å²) in [4.78, 5) is 28.4. The lowest BCUT2D eigenvalue weighted by Gasteiger charge is -2.08. The molecule has 0 saturated carbocycles. The maximum absolute atomic E-state index is 14.1. The summed E-state index contributed by atoms with van der Waals surface area (Å²) < 4.78 is 36.5. The fourth-order valence-electron chi connectivity index (χ4n) is 2.43. The lowest BCUT2D eigenvalue weighted by Crippen LogP contribution is -2.35. The largest absolute Gasteiger partial charge is 0.327 e. The van der Waals surface area contributed by atoms with Crippen LogP contribution in [0.3, 0.4) is 0 Å². The Hall–Kier alpha value is -2.56. The van der Waals surface area contributed by atoms with Crippen molar-refractivity contribution in [3.05, 3.63) is 57.9 Å². The van der Waals surface area contributed by atoms with Gasteiger partial charge in [0.05, 0.1) is 26.6 Å². The molecular formula is C17H13ClFN3O4S2. The van der Waals surface area contributed by atoms with Crippen molar-refractivity contribution in [2.45, 2.75) is 12.7 Å². The van der Waals surface area contributed by atoms with Crippen LogP contribution < -0.4 is 10.6 Å². The van der Waals surface area contributed by atoms with Gasteiger partial charge in [-0.05, 0) is 36.2 Å². The van der Waals surface area contributed by atoms with E-state index in [2.05, 4.69) is 10.3 Å². The summed E-state index contributed by atoms with van der Waals surface area (Å²) in [7, 11) is -2.55. The molecule has 0 saturated heterocycles. The number of amides is 3. The van der Waals surface area contributed by atoms with Gasteiger partial charge in [0.15, 0.2) is 5.13 Å². The predicted molar refractivity (Wildman–Crippen MR) is 106 cm³/mol. The van der Waals surface area contributed by atoms with Crippen LogP contribution >= 0.6 is 22.9 Å². The Kier molecular flexibility index (Phi) is 5.92. The van der Waals surface area contributed by atoms with Crippen molar-refractivity contribution in [3.8, 4) is 0 Å². The third-order valence-electron chi connectivity index (χ3n) is 3.72. The number of aryl methyl sites for hydroxylation is 1. The summed E-state index contributed by atoms with van der Waals surface area (Å²) in [5, 5.41) is 4.49. The van der Waals surface area contributed by atoms with E-state index in [1.165, 1.54) is 19.1 Å². The zero-order valence-corrected chi connectivity index (χ0v) is 16.8. The molecule has 0 unspecified atom stereocenters. The lowest BCUT2D eigenvalue weighted by molar-refractivity contribution is 0.0963. The zero-order chi connectivity index (χ0) is 20.4. The molecule has 3 amide bonds. The molecule has 2 N–H and O–H groups in total. The molecule has 0 bridgehead atoms. The first-order valence-electron chi connectivity index (χ1n) is 7.83. The van der Waals surface area contributed by atoms with E-state index in [0.717, 1.165) is 11.3 Å². The molecule has 146 valence electrons. The Bertz CT molecular complexity index is 1170. The Labute approximate surface area is 169 Å². The minimum Gasteiger partial charge on any atom is -0.283 e. The van der Waals surface area contributed by atoms with Gasteiger partial charge in [-0.25, -0.2) is 22.6 Å².